The molecule has 0 saturated heterocycles. The van der Waals surface area contributed by atoms with Crippen LogP contribution in [-0.2, 0) is 5.75 Å². The second-order valence-electron chi connectivity index (χ2n) is 8.02. The summed E-state index contributed by atoms with van der Waals surface area (Å²) in [4.78, 5) is 21.8. The average molecular weight is 493 g/mol. The van der Waals surface area contributed by atoms with Crippen molar-refractivity contribution in [3.8, 4) is 11.4 Å². The lowest BCUT2D eigenvalue weighted by Crippen LogP contribution is -2.33. The standard InChI is InChI=1S/C22H23F3N6O2S/c1-13-11-14(2)27-21(26-13)34-12-18-19(20(32)28-15-5-3-4-6-15)29-30-31(18)16-7-9-17(10-8-16)33-22(23,24)25/h7-11,15H,3-6,12H2,1-2H3,(H,28,32). The zero-order valence-corrected chi connectivity index (χ0v) is 19.4. The first-order valence-corrected chi connectivity index (χ1v) is 11.7. The van der Waals surface area contributed by atoms with E-state index in [1.807, 2.05) is 19.9 Å². The van der Waals surface area contributed by atoms with Crippen molar-refractivity contribution in [2.45, 2.75) is 62.8 Å². The number of nitrogens with zero attached hydrogens (tertiary/aromatic N) is 5. The molecule has 1 aliphatic carbocycles. The fourth-order valence-electron chi connectivity index (χ4n) is 3.82. The van der Waals surface area contributed by atoms with E-state index in [0.29, 0.717) is 16.5 Å². The topological polar surface area (TPSA) is 94.8 Å². The van der Waals surface area contributed by atoms with Crippen LogP contribution in [0.3, 0.4) is 0 Å². The van der Waals surface area contributed by atoms with Gasteiger partial charge in [0.05, 0.1) is 11.4 Å². The van der Waals surface area contributed by atoms with E-state index in [9.17, 15) is 18.0 Å². The Morgan fingerprint density at radius 3 is 2.41 bits per heavy atom. The number of hydrogen-bond acceptors (Lipinski definition) is 7. The highest BCUT2D eigenvalue weighted by Gasteiger charge is 2.31. The molecule has 1 N–H and O–H groups in total. The minimum Gasteiger partial charge on any atom is -0.406 e. The lowest BCUT2D eigenvalue weighted by atomic mass is 10.2. The van der Waals surface area contributed by atoms with Crippen LogP contribution in [0.2, 0.25) is 0 Å². The van der Waals surface area contributed by atoms with Crippen molar-refractivity contribution in [3.63, 3.8) is 0 Å². The molecule has 0 bridgehead atoms. The normalized spacial score (nSPS) is 14.4. The molecule has 1 saturated carbocycles. The van der Waals surface area contributed by atoms with Crippen molar-refractivity contribution >= 4 is 17.7 Å². The van der Waals surface area contributed by atoms with Gasteiger partial charge >= 0.3 is 6.36 Å². The molecule has 1 aromatic carbocycles. The molecule has 8 nitrogen and oxygen atoms in total. The highest BCUT2D eigenvalue weighted by Crippen LogP contribution is 2.27. The third kappa shape index (κ3) is 6.04. The van der Waals surface area contributed by atoms with Gasteiger partial charge in [-0.05, 0) is 57.0 Å². The summed E-state index contributed by atoms with van der Waals surface area (Å²) < 4.78 is 42.9. The van der Waals surface area contributed by atoms with E-state index in [-0.39, 0.29) is 29.1 Å². The number of alkyl halides is 3. The van der Waals surface area contributed by atoms with Gasteiger partial charge in [-0.25, -0.2) is 14.6 Å². The lowest BCUT2D eigenvalue weighted by molar-refractivity contribution is -0.274. The van der Waals surface area contributed by atoms with Crippen LogP contribution >= 0.6 is 11.8 Å². The van der Waals surface area contributed by atoms with Crippen molar-refractivity contribution in [2.24, 2.45) is 0 Å². The summed E-state index contributed by atoms with van der Waals surface area (Å²) in [6.07, 6.45) is -0.816. The average Bonchev–Trinajstić information content (AvgIpc) is 3.41. The summed E-state index contributed by atoms with van der Waals surface area (Å²) in [6, 6.07) is 7.19. The number of benzene rings is 1. The number of hydrogen-bond donors (Lipinski definition) is 1. The minimum atomic E-state index is -4.78. The van der Waals surface area contributed by atoms with Gasteiger partial charge in [-0.1, -0.05) is 29.8 Å². The lowest BCUT2D eigenvalue weighted by Gasteiger charge is -2.13. The van der Waals surface area contributed by atoms with Crippen molar-refractivity contribution in [3.05, 3.63) is 53.1 Å². The number of amides is 1. The molecule has 0 aliphatic heterocycles. The molecule has 1 amide bonds. The molecule has 0 spiro atoms. The second kappa shape index (κ2) is 10.00. The fourth-order valence-corrected chi connectivity index (χ4v) is 4.76. The van der Waals surface area contributed by atoms with Crippen LogP contribution in [-0.4, -0.2) is 43.3 Å². The van der Waals surface area contributed by atoms with E-state index in [0.717, 1.165) is 37.1 Å². The Morgan fingerprint density at radius 2 is 1.79 bits per heavy atom. The number of aromatic nitrogens is 5. The van der Waals surface area contributed by atoms with E-state index in [4.69, 9.17) is 0 Å². The maximum absolute atomic E-state index is 13.0. The van der Waals surface area contributed by atoms with Gasteiger partial charge in [0.2, 0.25) is 0 Å². The summed E-state index contributed by atoms with van der Waals surface area (Å²) in [5.74, 6) is -0.397. The number of aryl methyl sites for hydroxylation is 2. The molecule has 34 heavy (non-hydrogen) atoms. The van der Waals surface area contributed by atoms with Crippen LogP contribution in [0.25, 0.3) is 5.69 Å². The van der Waals surface area contributed by atoms with Crippen LogP contribution in [0.4, 0.5) is 13.2 Å². The maximum atomic E-state index is 13.0. The fraction of sp³-hybridized carbons (Fsp3) is 0.409. The van der Waals surface area contributed by atoms with Gasteiger partial charge in [0.15, 0.2) is 10.9 Å². The number of carbonyl (C=O) groups is 1. The minimum absolute atomic E-state index is 0.0970. The van der Waals surface area contributed by atoms with E-state index in [2.05, 4.69) is 30.3 Å². The van der Waals surface area contributed by atoms with Crippen molar-refractivity contribution in [1.82, 2.24) is 30.3 Å². The first-order chi connectivity index (χ1) is 16.2. The van der Waals surface area contributed by atoms with Crippen molar-refractivity contribution in [1.29, 1.82) is 0 Å². The van der Waals surface area contributed by atoms with Gasteiger partial charge in [-0.3, -0.25) is 4.79 Å². The van der Waals surface area contributed by atoms with Gasteiger partial charge < -0.3 is 10.1 Å². The SMILES string of the molecule is Cc1cc(C)nc(SCc2c(C(=O)NC3CCCC3)nnn2-c2ccc(OC(F)(F)F)cc2)n1. The van der Waals surface area contributed by atoms with E-state index >= 15 is 0 Å². The first-order valence-electron chi connectivity index (χ1n) is 10.7. The molecule has 0 radical (unpaired) electrons. The molecule has 2 aromatic heterocycles. The molecule has 180 valence electrons. The molecule has 4 rings (SSSR count). The number of halogens is 3. The molecular weight excluding hydrogens is 469 g/mol. The van der Waals surface area contributed by atoms with Gasteiger partial charge in [-0.2, -0.15) is 0 Å². The number of ether oxygens (including phenoxy) is 1. The third-order valence-corrected chi connectivity index (χ3v) is 6.14. The van der Waals surface area contributed by atoms with Gasteiger partial charge in [0.25, 0.3) is 5.91 Å². The summed E-state index contributed by atoms with van der Waals surface area (Å²) in [5.41, 5.74) is 2.74. The molecule has 3 aromatic rings. The molecule has 1 fully saturated rings. The number of rotatable bonds is 7. The number of nitrogens with one attached hydrogen (secondary N) is 1. The monoisotopic (exact) mass is 492 g/mol. The Kier molecular flexibility index (Phi) is 7.05. The molecule has 12 heteroatoms. The quantitative estimate of drug-likeness (QED) is 0.382. The Bertz CT molecular complexity index is 1140. The van der Waals surface area contributed by atoms with E-state index < -0.39 is 6.36 Å². The third-order valence-electron chi connectivity index (χ3n) is 5.28. The molecule has 1 aliphatic rings. The highest BCUT2D eigenvalue weighted by molar-refractivity contribution is 7.98. The van der Waals surface area contributed by atoms with Crippen LogP contribution in [0.1, 0.15) is 53.3 Å². The van der Waals surface area contributed by atoms with Gasteiger partial charge in [0.1, 0.15) is 5.75 Å². The predicted molar refractivity (Wildman–Crippen MR) is 119 cm³/mol. The summed E-state index contributed by atoms with van der Waals surface area (Å²) in [5, 5.41) is 11.8. The molecular formula is C22H23F3N6O2S. The summed E-state index contributed by atoms with van der Waals surface area (Å²) in [7, 11) is 0. The van der Waals surface area contributed by atoms with Crippen molar-refractivity contribution < 1.29 is 22.7 Å². The molecule has 0 unspecified atom stereocenters. The molecule has 0 atom stereocenters. The van der Waals surface area contributed by atoms with Crippen LogP contribution in [0.5, 0.6) is 5.75 Å². The Morgan fingerprint density at radius 1 is 1.15 bits per heavy atom. The zero-order chi connectivity index (χ0) is 24.3. The second-order valence-corrected chi connectivity index (χ2v) is 8.96. The van der Waals surface area contributed by atoms with Crippen LogP contribution in [0, 0.1) is 13.8 Å². The zero-order valence-electron chi connectivity index (χ0n) is 18.6. The highest BCUT2D eigenvalue weighted by atomic mass is 32.2. The van der Waals surface area contributed by atoms with Gasteiger partial charge in [0, 0.05) is 23.2 Å². The Balaban J connectivity index is 1.62. The van der Waals surface area contributed by atoms with Crippen LogP contribution < -0.4 is 10.1 Å². The van der Waals surface area contributed by atoms with E-state index in [1.165, 1.54) is 40.7 Å². The largest absolute Gasteiger partial charge is 0.573 e. The maximum Gasteiger partial charge on any atom is 0.573 e. The summed E-state index contributed by atoms with van der Waals surface area (Å²) in [6.45, 7) is 3.74. The van der Waals surface area contributed by atoms with Gasteiger partial charge in [-0.15, -0.1) is 18.3 Å². The van der Waals surface area contributed by atoms with E-state index in [1.54, 1.807) is 0 Å². The Hall–Kier alpha value is -3.15. The summed E-state index contributed by atoms with van der Waals surface area (Å²) >= 11 is 1.32. The molecule has 2 heterocycles. The van der Waals surface area contributed by atoms with Crippen molar-refractivity contribution in [2.75, 3.05) is 0 Å². The Labute approximate surface area is 198 Å². The smallest absolute Gasteiger partial charge is 0.406 e. The predicted octanol–water partition coefficient (Wildman–Crippen LogP) is 4.54. The first kappa shape index (κ1) is 24.0. The number of carbonyl (C=O) groups excluding carboxylic acids is 1. The van der Waals surface area contributed by atoms with Crippen LogP contribution in [0.15, 0.2) is 35.5 Å². The number of thioether (sulfide) groups is 1.